The Morgan fingerprint density at radius 1 is 1.39 bits per heavy atom. The summed E-state index contributed by atoms with van der Waals surface area (Å²) in [5.74, 6) is 0. The van der Waals surface area contributed by atoms with Crippen molar-refractivity contribution in [3.05, 3.63) is 30.4 Å². The number of amides is 1. The number of aromatic nitrogens is 2. The van der Waals surface area contributed by atoms with Crippen LogP contribution in [-0.4, -0.2) is 28.2 Å². The monoisotopic (exact) mass is 249 g/mol. The molecule has 0 aliphatic heterocycles. The largest absolute Gasteiger partial charge is 0.444 e. The predicted molar refractivity (Wildman–Crippen MR) is 69.9 cm³/mol. The first-order chi connectivity index (χ1) is 8.47. The molecule has 1 heterocycles. The third kappa shape index (κ3) is 6.62. The third-order valence-corrected chi connectivity index (χ3v) is 1.87. The molecule has 5 heteroatoms. The average Bonchev–Trinajstić information content (AvgIpc) is 2.27. The molecule has 0 spiro atoms. The smallest absolute Gasteiger partial charge is 0.407 e. The van der Waals surface area contributed by atoms with E-state index in [2.05, 4.69) is 15.3 Å². The van der Waals surface area contributed by atoms with E-state index in [1.54, 1.807) is 12.4 Å². The lowest BCUT2D eigenvalue weighted by Crippen LogP contribution is -2.32. The summed E-state index contributed by atoms with van der Waals surface area (Å²) in [7, 11) is 0. The molecule has 18 heavy (non-hydrogen) atoms. The summed E-state index contributed by atoms with van der Waals surface area (Å²) in [6.45, 7) is 6.05. The lowest BCUT2D eigenvalue weighted by atomic mass is 10.2. The minimum atomic E-state index is -0.457. The maximum absolute atomic E-state index is 11.3. The highest BCUT2D eigenvalue weighted by Crippen LogP contribution is 2.06. The fourth-order valence-electron chi connectivity index (χ4n) is 1.19. The summed E-state index contributed by atoms with van der Waals surface area (Å²) in [6, 6.07) is 0. The van der Waals surface area contributed by atoms with Crippen LogP contribution >= 0.6 is 0 Å². The summed E-state index contributed by atoms with van der Waals surface area (Å²) < 4.78 is 5.11. The molecule has 0 aliphatic rings. The Hall–Kier alpha value is -1.91. The first-order valence-corrected chi connectivity index (χ1v) is 5.86. The van der Waals surface area contributed by atoms with Crippen LogP contribution in [0.1, 0.15) is 32.8 Å². The van der Waals surface area contributed by atoms with Gasteiger partial charge in [0.15, 0.2) is 0 Å². The van der Waals surface area contributed by atoms with E-state index in [-0.39, 0.29) is 6.09 Å². The highest BCUT2D eigenvalue weighted by molar-refractivity contribution is 5.67. The van der Waals surface area contributed by atoms with Crippen LogP contribution in [0.15, 0.2) is 24.8 Å². The van der Waals surface area contributed by atoms with Crippen molar-refractivity contribution < 1.29 is 9.53 Å². The van der Waals surface area contributed by atoms with Crippen molar-refractivity contribution in [2.24, 2.45) is 0 Å². The van der Waals surface area contributed by atoms with Gasteiger partial charge < -0.3 is 10.1 Å². The normalized spacial score (nSPS) is 11.5. The Morgan fingerprint density at radius 2 is 2.06 bits per heavy atom. The van der Waals surface area contributed by atoms with E-state index in [9.17, 15) is 4.79 Å². The lowest BCUT2D eigenvalue weighted by molar-refractivity contribution is 0.0529. The van der Waals surface area contributed by atoms with Crippen LogP contribution in [0.2, 0.25) is 0 Å². The summed E-state index contributed by atoms with van der Waals surface area (Å²) in [5, 5.41) is 2.68. The quantitative estimate of drug-likeness (QED) is 0.832. The second-order valence-electron chi connectivity index (χ2n) is 4.79. The van der Waals surface area contributed by atoms with Crippen molar-refractivity contribution in [2.75, 3.05) is 6.54 Å². The average molecular weight is 249 g/mol. The van der Waals surface area contributed by atoms with Crippen LogP contribution in [0.4, 0.5) is 4.79 Å². The van der Waals surface area contributed by atoms with Gasteiger partial charge in [-0.05, 0) is 27.2 Å². The number of hydrogen-bond acceptors (Lipinski definition) is 4. The number of ether oxygens (including phenoxy) is 1. The number of carbonyl (C=O) groups excluding carboxylic acids is 1. The van der Waals surface area contributed by atoms with Gasteiger partial charge in [0.05, 0.1) is 0 Å². The molecule has 1 amide bonds. The standard InChI is InChI=1S/C13H19N3O2/c1-13(2,3)18-12(17)16-7-5-4-6-11-8-14-10-15-9-11/h4,6,8-10H,5,7H2,1-3H3,(H,16,17)/b6-4+. The molecule has 0 atom stereocenters. The zero-order valence-electron chi connectivity index (χ0n) is 11.0. The van der Waals surface area contributed by atoms with E-state index < -0.39 is 5.60 Å². The van der Waals surface area contributed by atoms with Gasteiger partial charge in [-0.1, -0.05) is 12.2 Å². The molecular weight excluding hydrogens is 230 g/mol. The van der Waals surface area contributed by atoms with Gasteiger partial charge in [-0.15, -0.1) is 0 Å². The maximum atomic E-state index is 11.3. The summed E-state index contributed by atoms with van der Waals surface area (Å²) in [4.78, 5) is 19.1. The number of nitrogens with zero attached hydrogens (tertiary/aromatic N) is 2. The van der Waals surface area contributed by atoms with Gasteiger partial charge in [-0.25, -0.2) is 14.8 Å². The fourth-order valence-corrected chi connectivity index (χ4v) is 1.19. The zero-order chi connectivity index (χ0) is 13.4. The van der Waals surface area contributed by atoms with Crippen LogP contribution in [0.5, 0.6) is 0 Å². The Kier molecular flexibility index (Phi) is 5.30. The van der Waals surface area contributed by atoms with Crippen molar-refractivity contribution in [3.63, 3.8) is 0 Å². The van der Waals surface area contributed by atoms with Crippen molar-refractivity contribution in [2.45, 2.75) is 32.8 Å². The number of alkyl carbamates (subject to hydrolysis) is 1. The second kappa shape index (κ2) is 6.74. The lowest BCUT2D eigenvalue weighted by Gasteiger charge is -2.19. The van der Waals surface area contributed by atoms with Crippen LogP contribution in [0, 0.1) is 0 Å². The third-order valence-electron chi connectivity index (χ3n) is 1.87. The van der Waals surface area contributed by atoms with E-state index in [4.69, 9.17) is 4.74 Å². The van der Waals surface area contributed by atoms with E-state index in [1.165, 1.54) is 6.33 Å². The molecule has 5 nitrogen and oxygen atoms in total. The van der Waals surface area contributed by atoms with Crippen molar-refractivity contribution in [1.82, 2.24) is 15.3 Å². The predicted octanol–water partition coefficient (Wildman–Crippen LogP) is 2.40. The fraction of sp³-hybridized carbons (Fsp3) is 0.462. The Bertz CT molecular complexity index is 396. The molecule has 1 N–H and O–H groups in total. The maximum Gasteiger partial charge on any atom is 0.407 e. The summed E-state index contributed by atoms with van der Waals surface area (Å²) >= 11 is 0. The van der Waals surface area contributed by atoms with Crippen LogP contribution in [0.3, 0.4) is 0 Å². The summed E-state index contributed by atoms with van der Waals surface area (Å²) in [5.41, 5.74) is 0.483. The zero-order valence-corrected chi connectivity index (χ0v) is 11.0. The van der Waals surface area contributed by atoms with Gasteiger partial charge in [0.25, 0.3) is 0 Å². The molecule has 0 fully saturated rings. The number of rotatable bonds is 4. The van der Waals surface area contributed by atoms with Gasteiger partial charge in [0, 0.05) is 24.5 Å². The van der Waals surface area contributed by atoms with Crippen molar-refractivity contribution in [3.8, 4) is 0 Å². The molecule has 98 valence electrons. The topological polar surface area (TPSA) is 64.1 Å². The Labute approximate surface area is 107 Å². The first kappa shape index (κ1) is 14.2. The molecule has 0 unspecified atom stereocenters. The molecule has 0 radical (unpaired) electrons. The molecule has 0 aromatic carbocycles. The molecule has 1 aromatic heterocycles. The van der Waals surface area contributed by atoms with E-state index >= 15 is 0 Å². The van der Waals surface area contributed by atoms with Gasteiger partial charge in [0.1, 0.15) is 11.9 Å². The Morgan fingerprint density at radius 3 is 2.67 bits per heavy atom. The van der Waals surface area contributed by atoms with Crippen LogP contribution < -0.4 is 5.32 Å². The molecule has 1 rings (SSSR count). The highest BCUT2D eigenvalue weighted by atomic mass is 16.6. The second-order valence-corrected chi connectivity index (χ2v) is 4.79. The molecule has 1 aromatic rings. The molecule has 0 saturated heterocycles. The minimum absolute atomic E-state index is 0.390. The van der Waals surface area contributed by atoms with Gasteiger partial charge >= 0.3 is 6.09 Å². The number of carbonyl (C=O) groups is 1. The molecular formula is C13H19N3O2. The minimum Gasteiger partial charge on any atom is -0.444 e. The SMILES string of the molecule is CC(C)(C)OC(=O)NCC/C=C/c1cncnc1. The number of nitrogens with one attached hydrogen (secondary N) is 1. The molecule has 0 saturated carbocycles. The first-order valence-electron chi connectivity index (χ1n) is 5.86. The summed E-state index contributed by atoms with van der Waals surface area (Å²) in [6.07, 6.45) is 9.15. The van der Waals surface area contributed by atoms with Crippen molar-refractivity contribution >= 4 is 12.2 Å². The van der Waals surface area contributed by atoms with E-state index in [0.717, 1.165) is 12.0 Å². The van der Waals surface area contributed by atoms with E-state index in [0.29, 0.717) is 6.54 Å². The Balaban J connectivity index is 2.19. The molecule has 0 bridgehead atoms. The van der Waals surface area contributed by atoms with Crippen LogP contribution in [0.25, 0.3) is 6.08 Å². The number of hydrogen-bond donors (Lipinski definition) is 1. The van der Waals surface area contributed by atoms with Gasteiger partial charge in [0.2, 0.25) is 0 Å². The molecule has 0 aliphatic carbocycles. The van der Waals surface area contributed by atoms with Gasteiger partial charge in [-0.3, -0.25) is 0 Å². The van der Waals surface area contributed by atoms with Crippen LogP contribution in [-0.2, 0) is 4.74 Å². The van der Waals surface area contributed by atoms with E-state index in [1.807, 2.05) is 32.9 Å². The highest BCUT2D eigenvalue weighted by Gasteiger charge is 2.14. The van der Waals surface area contributed by atoms with Crippen molar-refractivity contribution in [1.29, 1.82) is 0 Å². The van der Waals surface area contributed by atoms with Gasteiger partial charge in [-0.2, -0.15) is 0 Å².